The summed E-state index contributed by atoms with van der Waals surface area (Å²) in [4.78, 5) is 20.2. The fraction of sp³-hybridized carbons (Fsp3) is 0.269. The number of fused-ring (bicyclic) bond motifs is 1. The SMILES string of the molecule is CCCOc1cc(-c2cc(NCCn3c(C)cc4c(OC)ccc(Cl)c43)ncn2)ccc1C(=O)O. The van der Waals surface area contributed by atoms with Crippen LogP contribution in [0.1, 0.15) is 29.4 Å². The predicted octanol–water partition coefficient (Wildman–Crippen LogP) is 5.67. The lowest BCUT2D eigenvalue weighted by Gasteiger charge is -2.13. The lowest BCUT2D eigenvalue weighted by molar-refractivity contribution is 0.0692. The molecule has 0 bridgehead atoms. The summed E-state index contributed by atoms with van der Waals surface area (Å²) in [6.07, 6.45) is 2.26. The van der Waals surface area contributed by atoms with Crippen molar-refractivity contribution in [2.24, 2.45) is 0 Å². The number of benzene rings is 2. The van der Waals surface area contributed by atoms with Gasteiger partial charge in [-0.05, 0) is 43.7 Å². The van der Waals surface area contributed by atoms with Gasteiger partial charge in [-0.25, -0.2) is 14.8 Å². The van der Waals surface area contributed by atoms with E-state index >= 15 is 0 Å². The molecular weight excluding hydrogens is 468 g/mol. The smallest absolute Gasteiger partial charge is 0.339 e. The van der Waals surface area contributed by atoms with E-state index in [4.69, 9.17) is 21.1 Å². The minimum Gasteiger partial charge on any atom is -0.496 e. The van der Waals surface area contributed by atoms with E-state index in [2.05, 4.69) is 25.9 Å². The maximum absolute atomic E-state index is 11.5. The molecule has 0 saturated carbocycles. The van der Waals surface area contributed by atoms with Gasteiger partial charge in [-0.15, -0.1) is 0 Å². The van der Waals surface area contributed by atoms with Gasteiger partial charge in [0.05, 0.1) is 29.9 Å². The second-order valence-corrected chi connectivity index (χ2v) is 8.44. The number of ether oxygens (including phenoxy) is 2. The summed E-state index contributed by atoms with van der Waals surface area (Å²) in [6, 6.07) is 12.6. The summed E-state index contributed by atoms with van der Waals surface area (Å²) >= 11 is 6.50. The van der Waals surface area contributed by atoms with Crippen molar-refractivity contribution in [2.75, 3.05) is 25.6 Å². The number of carboxylic acid groups (broad SMARTS) is 1. The van der Waals surface area contributed by atoms with Crippen LogP contribution in [0.4, 0.5) is 5.82 Å². The summed E-state index contributed by atoms with van der Waals surface area (Å²) in [7, 11) is 1.65. The van der Waals surface area contributed by atoms with Crippen LogP contribution in [0.25, 0.3) is 22.2 Å². The monoisotopic (exact) mass is 494 g/mol. The molecule has 0 aliphatic heterocycles. The number of nitrogens with zero attached hydrogens (tertiary/aromatic N) is 3. The Bertz CT molecular complexity index is 1370. The topological polar surface area (TPSA) is 98.5 Å². The number of methoxy groups -OCH3 is 1. The highest BCUT2D eigenvalue weighted by Gasteiger charge is 2.15. The van der Waals surface area contributed by atoms with Gasteiger partial charge in [0, 0.05) is 35.8 Å². The van der Waals surface area contributed by atoms with Crippen LogP contribution in [-0.4, -0.2) is 45.9 Å². The van der Waals surface area contributed by atoms with Crippen LogP contribution in [0.2, 0.25) is 5.02 Å². The molecule has 2 aromatic heterocycles. The lowest BCUT2D eigenvalue weighted by atomic mass is 10.1. The van der Waals surface area contributed by atoms with E-state index in [0.29, 0.717) is 42.0 Å². The van der Waals surface area contributed by atoms with Gasteiger partial charge in [-0.1, -0.05) is 24.6 Å². The van der Waals surface area contributed by atoms with E-state index in [1.807, 2.05) is 32.0 Å². The third kappa shape index (κ3) is 5.17. The number of nitrogens with one attached hydrogen (secondary N) is 1. The molecule has 35 heavy (non-hydrogen) atoms. The number of aryl methyl sites for hydroxylation is 1. The number of carbonyl (C=O) groups is 1. The normalized spacial score (nSPS) is 11.0. The van der Waals surface area contributed by atoms with Crippen LogP contribution in [0.15, 0.2) is 48.8 Å². The number of carboxylic acids is 1. The molecule has 2 aromatic carbocycles. The maximum Gasteiger partial charge on any atom is 0.339 e. The first kappa shape index (κ1) is 24.3. The van der Waals surface area contributed by atoms with E-state index in [1.165, 1.54) is 12.4 Å². The van der Waals surface area contributed by atoms with Gasteiger partial charge in [-0.2, -0.15) is 0 Å². The van der Waals surface area contributed by atoms with Crippen molar-refractivity contribution >= 4 is 34.3 Å². The number of anilines is 1. The summed E-state index contributed by atoms with van der Waals surface area (Å²) in [5.41, 5.74) is 3.55. The van der Waals surface area contributed by atoms with Gasteiger partial charge >= 0.3 is 5.97 Å². The first-order chi connectivity index (χ1) is 16.9. The third-order valence-electron chi connectivity index (χ3n) is 5.67. The van der Waals surface area contributed by atoms with Crippen molar-refractivity contribution in [1.82, 2.24) is 14.5 Å². The van der Waals surface area contributed by atoms with E-state index in [9.17, 15) is 9.90 Å². The molecule has 2 N–H and O–H groups in total. The second kappa shape index (κ2) is 10.7. The zero-order valence-corrected chi connectivity index (χ0v) is 20.6. The Morgan fingerprint density at radius 2 is 1.97 bits per heavy atom. The quantitative estimate of drug-likeness (QED) is 0.293. The molecule has 0 spiro atoms. The number of rotatable bonds is 10. The van der Waals surface area contributed by atoms with Crippen molar-refractivity contribution < 1.29 is 19.4 Å². The second-order valence-electron chi connectivity index (χ2n) is 8.03. The molecule has 4 aromatic rings. The lowest BCUT2D eigenvalue weighted by Crippen LogP contribution is -2.12. The van der Waals surface area contributed by atoms with Gasteiger partial charge in [0.2, 0.25) is 0 Å². The first-order valence-electron chi connectivity index (χ1n) is 11.3. The number of hydrogen-bond donors (Lipinski definition) is 2. The molecule has 182 valence electrons. The number of aromatic nitrogens is 3. The van der Waals surface area contributed by atoms with Crippen LogP contribution >= 0.6 is 11.6 Å². The molecule has 8 nitrogen and oxygen atoms in total. The zero-order chi connectivity index (χ0) is 24.9. The van der Waals surface area contributed by atoms with Gasteiger partial charge in [0.15, 0.2) is 0 Å². The number of hydrogen-bond acceptors (Lipinski definition) is 6. The summed E-state index contributed by atoms with van der Waals surface area (Å²) in [5, 5.41) is 14.4. The van der Waals surface area contributed by atoms with E-state index in [-0.39, 0.29) is 5.56 Å². The van der Waals surface area contributed by atoms with Crippen molar-refractivity contribution in [3.8, 4) is 22.8 Å². The van der Waals surface area contributed by atoms with Crippen LogP contribution in [-0.2, 0) is 6.54 Å². The molecule has 9 heteroatoms. The van der Waals surface area contributed by atoms with Crippen molar-refractivity contribution in [2.45, 2.75) is 26.8 Å². The highest BCUT2D eigenvalue weighted by atomic mass is 35.5. The molecule has 0 atom stereocenters. The molecule has 0 fully saturated rings. The average molecular weight is 495 g/mol. The molecule has 0 amide bonds. The van der Waals surface area contributed by atoms with Gasteiger partial charge < -0.3 is 24.5 Å². The van der Waals surface area contributed by atoms with E-state index < -0.39 is 5.97 Å². The van der Waals surface area contributed by atoms with Crippen LogP contribution in [0.3, 0.4) is 0 Å². The van der Waals surface area contributed by atoms with Crippen LogP contribution in [0.5, 0.6) is 11.5 Å². The van der Waals surface area contributed by atoms with Crippen LogP contribution in [0, 0.1) is 6.92 Å². The average Bonchev–Trinajstić information content (AvgIpc) is 3.19. The van der Waals surface area contributed by atoms with E-state index in [0.717, 1.165) is 34.3 Å². The van der Waals surface area contributed by atoms with Gasteiger partial charge in [0.1, 0.15) is 29.2 Å². The van der Waals surface area contributed by atoms with Crippen LogP contribution < -0.4 is 14.8 Å². The molecule has 0 saturated heterocycles. The molecule has 0 radical (unpaired) electrons. The highest BCUT2D eigenvalue weighted by molar-refractivity contribution is 6.35. The van der Waals surface area contributed by atoms with E-state index in [1.54, 1.807) is 19.2 Å². The van der Waals surface area contributed by atoms with Gasteiger partial charge in [0.25, 0.3) is 0 Å². The number of halogens is 1. The minimum absolute atomic E-state index is 0.124. The summed E-state index contributed by atoms with van der Waals surface area (Å²) in [5.74, 6) is 0.743. The largest absolute Gasteiger partial charge is 0.496 e. The van der Waals surface area contributed by atoms with Crippen molar-refractivity contribution in [1.29, 1.82) is 0 Å². The zero-order valence-electron chi connectivity index (χ0n) is 19.8. The molecule has 0 aliphatic rings. The Morgan fingerprint density at radius 1 is 1.14 bits per heavy atom. The van der Waals surface area contributed by atoms with Gasteiger partial charge in [-0.3, -0.25) is 0 Å². The fourth-order valence-electron chi connectivity index (χ4n) is 4.00. The highest BCUT2D eigenvalue weighted by Crippen LogP contribution is 2.34. The molecular formula is C26H27ClN4O4. The Labute approximate surface area is 208 Å². The van der Waals surface area contributed by atoms with Crippen molar-refractivity contribution in [3.63, 3.8) is 0 Å². The molecule has 0 aliphatic carbocycles. The number of aromatic carboxylic acids is 1. The summed E-state index contributed by atoms with van der Waals surface area (Å²) < 4.78 is 13.3. The fourth-order valence-corrected chi connectivity index (χ4v) is 4.27. The molecule has 2 heterocycles. The molecule has 0 unspecified atom stereocenters. The molecule has 4 rings (SSSR count). The summed E-state index contributed by atoms with van der Waals surface area (Å²) in [6.45, 7) is 5.72. The third-order valence-corrected chi connectivity index (χ3v) is 5.98. The Kier molecular flexibility index (Phi) is 7.41. The predicted molar refractivity (Wildman–Crippen MR) is 137 cm³/mol. The standard InChI is InChI=1S/C26H27ClN4O4/c1-4-11-35-23-13-17(5-6-18(23)26(32)33)21-14-24(30-15-29-21)28-9-10-31-16(2)12-19-22(34-3)8-7-20(27)25(19)31/h5-8,12-15H,4,9-11H2,1-3H3,(H,32,33)(H,28,29,30). The Hall–Kier alpha value is -3.78. The minimum atomic E-state index is -1.03. The Balaban J connectivity index is 1.52. The van der Waals surface area contributed by atoms with Crippen molar-refractivity contribution in [3.05, 3.63) is 65.1 Å². The maximum atomic E-state index is 11.5. The Morgan fingerprint density at radius 3 is 2.71 bits per heavy atom. The first-order valence-corrected chi connectivity index (χ1v) is 11.7.